The summed E-state index contributed by atoms with van der Waals surface area (Å²) in [7, 11) is 0. The summed E-state index contributed by atoms with van der Waals surface area (Å²) in [6.45, 7) is 4.73. The van der Waals surface area contributed by atoms with E-state index in [4.69, 9.17) is 11.9 Å². The molecule has 0 rings (SSSR count). The van der Waals surface area contributed by atoms with Crippen molar-refractivity contribution < 1.29 is 4.29 Å². The van der Waals surface area contributed by atoms with E-state index < -0.39 is 0 Å². The van der Waals surface area contributed by atoms with E-state index in [9.17, 15) is 0 Å². The summed E-state index contributed by atoms with van der Waals surface area (Å²) in [6, 6.07) is 0. The summed E-state index contributed by atoms with van der Waals surface area (Å²) in [5, 5.41) is 0. The Morgan fingerprint density at radius 1 is 1.57 bits per heavy atom. The summed E-state index contributed by atoms with van der Waals surface area (Å²) in [6.07, 6.45) is 0. The highest BCUT2D eigenvalue weighted by Crippen LogP contribution is 1.92. The van der Waals surface area contributed by atoms with Crippen LogP contribution >= 0.6 is 11.9 Å². The van der Waals surface area contributed by atoms with Crippen LogP contribution in [0, 0.1) is 5.92 Å². The highest BCUT2D eigenvalue weighted by molar-refractivity contribution is 6.07. The number of hydrogen-bond acceptors (Lipinski definition) is 1. The molecule has 0 fully saturated rings. The minimum Gasteiger partial charge on any atom is -0.279 e. The van der Waals surface area contributed by atoms with Gasteiger partial charge in [-0.05, 0) is 5.92 Å². The van der Waals surface area contributed by atoms with E-state index >= 15 is 0 Å². The van der Waals surface area contributed by atoms with Crippen LogP contribution in [0.25, 0.3) is 0 Å². The van der Waals surface area contributed by atoms with Crippen LogP contribution in [-0.2, 0) is 4.29 Å². The zero-order chi connectivity index (χ0) is 4.99. The summed E-state index contributed by atoms with van der Waals surface area (Å²) in [5.74, 6) is 0.544. The maximum absolute atomic E-state index is 4.90. The molecule has 0 aromatic heterocycles. The average Bonchev–Trinajstić information content (AvgIpc) is 1.35. The Labute approximate surface area is 65.7 Å². The summed E-state index contributed by atoms with van der Waals surface area (Å²) in [4.78, 5) is 0. The van der Waals surface area contributed by atoms with E-state index in [1.165, 1.54) is 0 Å². The summed E-state index contributed by atoms with van der Waals surface area (Å²) >= 11 is 4.90. The van der Waals surface area contributed by atoms with Gasteiger partial charge in [-0.25, -0.2) is 0 Å². The lowest BCUT2D eigenvalue weighted by atomic mass is 10.2. The van der Waals surface area contributed by atoms with Gasteiger partial charge in [0, 0.05) is 0 Å². The molecule has 0 saturated heterocycles. The van der Waals surface area contributed by atoms with Crippen LogP contribution in [0.15, 0.2) is 0 Å². The molecular weight excluding hydrogens is 124 g/mol. The van der Waals surface area contributed by atoms with Crippen LogP contribution in [-0.4, -0.2) is 29.7 Å². The van der Waals surface area contributed by atoms with Gasteiger partial charge < -0.3 is 0 Å². The van der Waals surface area contributed by atoms with Crippen molar-refractivity contribution in [1.82, 2.24) is 0 Å². The van der Waals surface area contributed by atoms with Crippen molar-refractivity contribution in [3.8, 4) is 0 Å². The van der Waals surface area contributed by atoms with Crippen LogP contribution in [0.2, 0.25) is 0 Å². The Bertz CT molecular complexity index is 32.9. The average molecular weight is 135 g/mol. The SMILES string of the molecule is CC(C)COCl.[MgH2]. The van der Waals surface area contributed by atoms with Crippen LogP contribution in [0.3, 0.4) is 0 Å². The molecule has 7 heavy (non-hydrogen) atoms. The highest BCUT2D eigenvalue weighted by Gasteiger charge is 1.87. The molecule has 0 N–H and O–H groups in total. The molecule has 0 spiro atoms. The van der Waals surface area contributed by atoms with Gasteiger partial charge in [0.25, 0.3) is 0 Å². The molecule has 42 valence electrons. The molecule has 0 bridgehead atoms. The summed E-state index contributed by atoms with van der Waals surface area (Å²) in [5.41, 5.74) is 0. The molecular formula is C4H11ClMgO. The largest absolute Gasteiger partial charge is 0.316 e. The van der Waals surface area contributed by atoms with E-state index in [1.54, 1.807) is 0 Å². The molecule has 0 radical (unpaired) electrons. The van der Waals surface area contributed by atoms with Crippen LogP contribution in [0.1, 0.15) is 13.8 Å². The normalized spacial score (nSPS) is 8.57. The predicted octanol–water partition coefficient (Wildman–Crippen LogP) is 0.897. The van der Waals surface area contributed by atoms with Gasteiger partial charge >= 0.3 is 23.1 Å². The highest BCUT2D eigenvalue weighted by atomic mass is 35.5. The van der Waals surface area contributed by atoms with Gasteiger partial charge in [0.1, 0.15) is 0 Å². The van der Waals surface area contributed by atoms with Gasteiger partial charge in [-0.15, -0.1) is 0 Å². The molecule has 0 aliphatic heterocycles. The molecule has 0 saturated carbocycles. The first-order valence-electron chi connectivity index (χ1n) is 2.01. The maximum Gasteiger partial charge on any atom is 0.316 e. The third-order valence-corrected chi connectivity index (χ3v) is 0.522. The smallest absolute Gasteiger partial charge is 0.279 e. The fourth-order valence-electron chi connectivity index (χ4n) is 0.126. The standard InChI is InChI=1S/C4H9ClO.Mg.2H/c1-4(2)3-6-5;;;/h4H,3H2,1-2H3;;;. The Hall–Kier alpha value is 1.02. The fraction of sp³-hybridized carbons (Fsp3) is 1.00. The van der Waals surface area contributed by atoms with Crippen LogP contribution in [0.4, 0.5) is 0 Å². The second-order valence-corrected chi connectivity index (χ2v) is 1.89. The molecule has 0 heterocycles. The van der Waals surface area contributed by atoms with Crippen molar-refractivity contribution in [1.29, 1.82) is 0 Å². The quantitative estimate of drug-likeness (QED) is 0.511. The molecule has 0 aliphatic rings. The minimum absolute atomic E-state index is 0. The van der Waals surface area contributed by atoms with Gasteiger partial charge in [-0.3, -0.25) is 4.29 Å². The monoisotopic (exact) mass is 134 g/mol. The van der Waals surface area contributed by atoms with Gasteiger partial charge in [0.2, 0.25) is 0 Å². The summed E-state index contributed by atoms with van der Waals surface area (Å²) < 4.78 is 4.28. The molecule has 0 atom stereocenters. The van der Waals surface area contributed by atoms with Crippen molar-refractivity contribution in [3.05, 3.63) is 0 Å². The second-order valence-electron chi connectivity index (χ2n) is 1.67. The van der Waals surface area contributed by atoms with Crippen LogP contribution in [0.5, 0.6) is 0 Å². The lowest BCUT2D eigenvalue weighted by molar-refractivity contribution is 0.297. The van der Waals surface area contributed by atoms with Gasteiger partial charge in [-0.1, -0.05) is 13.8 Å². The molecule has 0 aromatic carbocycles. The lowest BCUT2D eigenvalue weighted by Crippen LogP contribution is -1.92. The van der Waals surface area contributed by atoms with Crippen LogP contribution < -0.4 is 0 Å². The van der Waals surface area contributed by atoms with Crippen molar-refractivity contribution in [2.24, 2.45) is 5.92 Å². The predicted molar refractivity (Wildman–Crippen MR) is 35.2 cm³/mol. The lowest BCUT2D eigenvalue weighted by Gasteiger charge is -1.94. The molecule has 0 aromatic rings. The zero-order valence-electron chi connectivity index (χ0n) is 4.07. The number of hydrogen-bond donors (Lipinski definition) is 0. The Kier molecular flexibility index (Phi) is 10.9. The first kappa shape index (κ1) is 10.9. The van der Waals surface area contributed by atoms with E-state index in [1.807, 2.05) is 13.8 Å². The first-order valence-corrected chi connectivity index (χ1v) is 2.31. The van der Waals surface area contributed by atoms with Crippen molar-refractivity contribution in [3.63, 3.8) is 0 Å². The third kappa shape index (κ3) is 10.9. The third-order valence-electron chi connectivity index (χ3n) is 0.396. The van der Waals surface area contributed by atoms with E-state index in [0.29, 0.717) is 12.5 Å². The van der Waals surface area contributed by atoms with E-state index in [2.05, 4.69) is 4.29 Å². The molecule has 0 aliphatic carbocycles. The van der Waals surface area contributed by atoms with Gasteiger partial charge in [0.15, 0.2) is 0 Å². The number of rotatable bonds is 2. The van der Waals surface area contributed by atoms with E-state index in [0.717, 1.165) is 0 Å². The molecule has 0 unspecified atom stereocenters. The Morgan fingerprint density at radius 3 is 2.00 bits per heavy atom. The molecule has 0 amide bonds. The van der Waals surface area contributed by atoms with Crippen molar-refractivity contribution in [2.45, 2.75) is 13.8 Å². The minimum atomic E-state index is 0. The Balaban J connectivity index is 0. The molecule has 1 nitrogen and oxygen atoms in total. The maximum atomic E-state index is 4.90. The zero-order valence-corrected chi connectivity index (χ0v) is 4.83. The first-order chi connectivity index (χ1) is 2.77. The molecule has 3 heteroatoms. The van der Waals surface area contributed by atoms with E-state index in [-0.39, 0.29) is 23.1 Å². The second kappa shape index (κ2) is 7.02. The topological polar surface area (TPSA) is 9.23 Å². The fourth-order valence-corrected chi connectivity index (χ4v) is 0.378. The number of halogens is 1. The van der Waals surface area contributed by atoms with Gasteiger partial charge in [0.05, 0.1) is 18.5 Å². The van der Waals surface area contributed by atoms with Crippen molar-refractivity contribution >= 4 is 34.9 Å². The van der Waals surface area contributed by atoms with Crippen molar-refractivity contribution in [2.75, 3.05) is 6.61 Å². The van der Waals surface area contributed by atoms with Gasteiger partial charge in [-0.2, -0.15) is 0 Å². The Morgan fingerprint density at radius 2 is 2.00 bits per heavy atom.